The van der Waals surface area contributed by atoms with Crippen molar-refractivity contribution in [3.8, 4) is 0 Å². The molecule has 0 radical (unpaired) electrons. The number of nitrogens with one attached hydrogen (secondary N) is 1. The van der Waals surface area contributed by atoms with Crippen molar-refractivity contribution in [1.29, 1.82) is 0 Å². The van der Waals surface area contributed by atoms with E-state index in [-0.39, 0.29) is 17.5 Å². The van der Waals surface area contributed by atoms with Gasteiger partial charge in [0.2, 0.25) is 5.82 Å². The predicted molar refractivity (Wildman–Crippen MR) is 63.7 cm³/mol. The fourth-order valence-corrected chi connectivity index (χ4v) is 1.26. The molecule has 1 amide bonds. The van der Waals surface area contributed by atoms with Crippen LogP contribution < -0.4 is 5.32 Å². The standard InChI is InChI=1S/C9H15N5O4/c1-6(12(2)3)4-13-5-7(14(17)18)8(11-13)10-9(15)16/h5-6H,4H2,1-3H3,(H,10,11)(H,15,16). The number of amides is 1. The second-order valence-corrected chi connectivity index (χ2v) is 4.08. The van der Waals surface area contributed by atoms with Crippen molar-refractivity contribution in [2.24, 2.45) is 0 Å². The van der Waals surface area contributed by atoms with Gasteiger partial charge in [-0.05, 0) is 21.0 Å². The Hall–Kier alpha value is -2.16. The number of carbonyl (C=O) groups is 1. The molecule has 2 N–H and O–H groups in total. The molecule has 0 aliphatic heterocycles. The quantitative estimate of drug-likeness (QED) is 0.596. The molecule has 0 bridgehead atoms. The highest BCUT2D eigenvalue weighted by atomic mass is 16.6. The van der Waals surface area contributed by atoms with Crippen LogP contribution in [0.3, 0.4) is 0 Å². The van der Waals surface area contributed by atoms with Crippen LogP contribution in [0.15, 0.2) is 6.20 Å². The Bertz CT molecular complexity index is 456. The van der Waals surface area contributed by atoms with Crippen LogP contribution in [-0.2, 0) is 6.54 Å². The summed E-state index contributed by atoms with van der Waals surface area (Å²) < 4.78 is 1.36. The molecule has 0 aliphatic carbocycles. The molecule has 100 valence electrons. The van der Waals surface area contributed by atoms with Gasteiger partial charge in [0.25, 0.3) is 0 Å². The molecule has 1 rings (SSSR count). The first-order valence-electron chi connectivity index (χ1n) is 5.19. The number of anilines is 1. The summed E-state index contributed by atoms with van der Waals surface area (Å²) in [6.07, 6.45) is -0.172. The van der Waals surface area contributed by atoms with E-state index in [0.29, 0.717) is 6.54 Å². The van der Waals surface area contributed by atoms with E-state index in [1.165, 1.54) is 10.9 Å². The van der Waals surface area contributed by atoms with Gasteiger partial charge in [-0.15, -0.1) is 5.10 Å². The van der Waals surface area contributed by atoms with E-state index >= 15 is 0 Å². The number of nitro groups is 1. The van der Waals surface area contributed by atoms with Crippen LogP contribution in [0.2, 0.25) is 0 Å². The molecule has 0 fully saturated rings. The van der Waals surface area contributed by atoms with Crippen molar-refractivity contribution in [2.45, 2.75) is 19.5 Å². The molecule has 9 heteroatoms. The van der Waals surface area contributed by atoms with Gasteiger partial charge in [-0.1, -0.05) is 0 Å². The van der Waals surface area contributed by atoms with E-state index in [1.54, 1.807) is 0 Å². The highest BCUT2D eigenvalue weighted by Gasteiger charge is 2.21. The first kappa shape index (κ1) is 13.9. The van der Waals surface area contributed by atoms with Crippen LogP contribution in [0.5, 0.6) is 0 Å². The lowest BCUT2D eigenvalue weighted by atomic mass is 10.3. The number of carboxylic acid groups (broad SMARTS) is 1. The normalized spacial score (nSPS) is 12.4. The van der Waals surface area contributed by atoms with Gasteiger partial charge in [-0.25, -0.2) is 4.79 Å². The van der Waals surface area contributed by atoms with Crippen molar-refractivity contribution in [2.75, 3.05) is 19.4 Å². The molecule has 1 atom stereocenters. The van der Waals surface area contributed by atoms with Crippen LogP contribution in [-0.4, -0.2) is 50.9 Å². The van der Waals surface area contributed by atoms with Gasteiger partial charge >= 0.3 is 11.8 Å². The summed E-state index contributed by atoms with van der Waals surface area (Å²) in [5.74, 6) is -0.265. The summed E-state index contributed by atoms with van der Waals surface area (Å²) in [6.45, 7) is 2.35. The third-order valence-corrected chi connectivity index (χ3v) is 2.50. The molecular weight excluding hydrogens is 242 g/mol. The van der Waals surface area contributed by atoms with Crippen LogP contribution in [0.1, 0.15) is 6.92 Å². The zero-order valence-corrected chi connectivity index (χ0v) is 10.3. The molecule has 1 aromatic heterocycles. The first-order chi connectivity index (χ1) is 8.31. The van der Waals surface area contributed by atoms with Gasteiger partial charge in [-0.3, -0.25) is 20.1 Å². The summed E-state index contributed by atoms with van der Waals surface area (Å²) in [5, 5.41) is 25.1. The Morgan fingerprint density at radius 2 is 2.33 bits per heavy atom. The van der Waals surface area contributed by atoms with E-state index in [9.17, 15) is 14.9 Å². The Kier molecular flexibility index (Phi) is 4.21. The molecule has 1 heterocycles. The Morgan fingerprint density at radius 1 is 1.72 bits per heavy atom. The topological polar surface area (TPSA) is 114 Å². The third-order valence-electron chi connectivity index (χ3n) is 2.50. The predicted octanol–water partition coefficient (Wildman–Crippen LogP) is 0.831. The van der Waals surface area contributed by atoms with Crippen LogP contribution in [0.4, 0.5) is 16.3 Å². The third kappa shape index (κ3) is 3.42. The number of rotatable bonds is 5. The lowest BCUT2D eigenvalue weighted by molar-refractivity contribution is -0.384. The maximum atomic E-state index is 10.7. The first-order valence-corrected chi connectivity index (χ1v) is 5.19. The van der Waals surface area contributed by atoms with Gasteiger partial charge in [0, 0.05) is 6.04 Å². The fourth-order valence-electron chi connectivity index (χ4n) is 1.26. The SMILES string of the molecule is CC(Cn1cc([N+](=O)[O-])c(NC(=O)O)n1)N(C)C. The van der Waals surface area contributed by atoms with Gasteiger partial charge in [0.05, 0.1) is 11.5 Å². The number of likely N-dealkylation sites (N-methyl/N-ethyl adjacent to an activating group) is 1. The zero-order valence-electron chi connectivity index (χ0n) is 10.3. The Labute approximate surface area is 103 Å². The van der Waals surface area contributed by atoms with Gasteiger partial charge in [-0.2, -0.15) is 0 Å². The van der Waals surface area contributed by atoms with Gasteiger partial charge in [0.1, 0.15) is 6.20 Å². The average Bonchev–Trinajstić information content (AvgIpc) is 2.59. The molecule has 0 aromatic carbocycles. The minimum atomic E-state index is -1.39. The summed E-state index contributed by atoms with van der Waals surface area (Å²) in [5.41, 5.74) is -0.358. The summed E-state index contributed by atoms with van der Waals surface area (Å²) >= 11 is 0. The van der Waals surface area contributed by atoms with E-state index in [1.807, 2.05) is 31.2 Å². The highest BCUT2D eigenvalue weighted by Crippen LogP contribution is 2.22. The Morgan fingerprint density at radius 3 is 2.78 bits per heavy atom. The summed E-state index contributed by atoms with van der Waals surface area (Å²) in [6, 6.07) is 0.113. The number of hydrogen-bond acceptors (Lipinski definition) is 5. The molecule has 0 spiro atoms. The lowest BCUT2D eigenvalue weighted by Gasteiger charge is -2.18. The van der Waals surface area contributed by atoms with Gasteiger partial charge < -0.3 is 10.0 Å². The number of hydrogen-bond donors (Lipinski definition) is 2. The summed E-state index contributed by atoms with van der Waals surface area (Å²) in [7, 11) is 3.75. The van der Waals surface area contributed by atoms with Crippen LogP contribution in [0, 0.1) is 10.1 Å². The minimum absolute atomic E-state index is 0.113. The monoisotopic (exact) mass is 257 g/mol. The van der Waals surface area contributed by atoms with E-state index in [4.69, 9.17) is 5.11 Å². The second-order valence-electron chi connectivity index (χ2n) is 4.08. The number of aromatic nitrogens is 2. The molecule has 18 heavy (non-hydrogen) atoms. The van der Waals surface area contributed by atoms with Crippen molar-refractivity contribution in [3.63, 3.8) is 0 Å². The van der Waals surface area contributed by atoms with Crippen molar-refractivity contribution >= 4 is 17.6 Å². The zero-order chi connectivity index (χ0) is 13.9. The molecule has 0 saturated heterocycles. The average molecular weight is 257 g/mol. The molecule has 9 nitrogen and oxygen atoms in total. The summed E-state index contributed by atoms with van der Waals surface area (Å²) in [4.78, 5) is 22.5. The van der Waals surface area contributed by atoms with E-state index in [0.717, 1.165) is 0 Å². The number of nitrogens with zero attached hydrogens (tertiary/aromatic N) is 4. The smallest absolute Gasteiger partial charge is 0.410 e. The minimum Gasteiger partial charge on any atom is -0.465 e. The fraction of sp³-hybridized carbons (Fsp3) is 0.556. The van der Waals surface area contributed by atoms with E-state index < -0.39 is 11.0 Å². The second kappa shape index (κ2) is 5.45. The molecular formula is C9H15N5O4. The lowest BCUT2D eigenvalue weighted by Crippen LogP contribution is -2.29. The largest absolute Gasteiger partial charge is 0.465 e. The van der Waals surface area contributed by atoms with Crippen molar-refractivity contribution in [1.82, 2.24) is 14.7 Å². The maximum Gasteiger partial charge on any atom is 0.410 e. The van der Waals surface area contributed by atoms with Gasteiger partial charge in [0.15, 0.2) is 0 Å². The molecule has 1 aromatic rings. The highest BCUT2D eigenvalue weighted by molar-refractivity contribution is 5.84. The molecule has 0 aliphatic rings. The maximum absolute atomic E-state index is 10.7. The molecule has 1 unspecified atom stereocenters. The van der Waals surface area contributed by atoms with Crippen molar-refractivity contribution in [3.05, 3.63) is 16.3 Å². The van der Waals surface area contributed by atoms with Crippen LogP contribution >= 0.6 is 0 Å². The van der Waals surface area contributed by atoms with Crippen LogP contribution in [0.25, 0.3) is 0 Å². The Balaban J connectivity index is 2.95. The van der Waals surface area contributed by atoms with Crippen molar-refractivity contribution < 1.29 is 14.8 Å². The van der Waals surface area contributed by atoms with E-state index in [2.05, 4.69) is 5.10 Å². The molecule has 0 saturated carbocycles.